The average Bonchev–Trinajstić information content (AvgIpc) is 2.67. The van der Waals surface area contributed by atoms with E-state index in [1.165, 1.54) is 15.9 Å². The summed E-state index contributed by atoms with van der Waals surface area (Å²) in [5, 5.41) is 3.66. The molecule has 3 heteroatoms. The molecule has 0 aliphatic rings. The highest BCUT2D eigenvalue weighted by atomic mass is 32.4. The minimum atomic E-state index is -2.05. The van der Waals surface area contributed by atoms with E-state index in [9.17, 15) is 0 Å². The monoisotopic (exact) mass is 390 g/mol. The molecule has 0 N–H and O–H groups in total. The Balaban J connectivity index is 2.09. The normalized spacial score (nSPS) is 11.5. The van der Waals surface area contributed by atoms with E-state index in [2.05, 4.69) is 104 Å². The SMILES string of the molecule is C[Si](C)(C)C#Cc1ccc(P(=S)(c2ccccc2)c2ccccc2)cc1. The molecule has 3 aromatic carbocycles. The maximum Gasteiger partial charge on any atom is 0.129 e. The molecule has 0 aliphatic carbocycles. The van der Waals surface area contributed by atoms with Gasteiger partial charge in [-0.2, -0.15) is 0 Å². The van der Waals surface area contributed by atoms with Crippen LogP contribution >= 0.6 is 6.04 Å². The van der Waals surface area contributed by atoms with E-state index in [0.29, 0.717) is 0 Å². The molecule has 0 aliphatic heterocycles. The summed E-state index contributed by atoms with van der Waals surface area (Å²) in [6.45, 7) is 6.79. The van der Waals surface area contributed by atoms with Crippen LogP contribution in [0.4, 0.5) is 0 Å². The van der Waals surface area contributed by atoms with E-state index < -0.39 is 14.1 Å². The molecule has 0 bridgehead atoms. The van der Waals surface area contributed by atoms with Crippen molar-refractivity contribution in [2.75, 3.05) is 0 Å². The minimum Gasteiger partial charge on any atom is -0.127 e. The van der Waals surface area contributed by atoms with E-state index in [1.54, 1.807) is 0 Å². The van der Waals surface area contributed by atoms with Crippen molar-refractivity contribution >= 4 is 41.8 Å². The van der Waals surface area contributed by atoms with Crippen molar-refractivity contribution in [1.82, 2.24) is 0 Å². The zero-order chi connectivity index (χ0) is 18.6. The highest BCUT2D eigenvalue weighted by Gasteiger charge is 2.24. The molecule has 0 saturated carbocycles. The van der Waals surface area contributed by atoms with Gasteiger partial charge in [0.2, 0.25) is 0 Å². The topological polar surface area (TPSA) is 0 Å². The molecule has 0 amide bonds. The summed E-state index contributed by atoms with van der Waals surface area (Å²) < 4.78 is 0. The Morgan fingerprint density at radius 2 is 1.08 bits per heavy atom. The quantitative estimate of drug-likeness (QED) is 0.356. The third kappa shape index (κ3) is 4.25. The Morgan fingerprint density at radius 3 is 1.50 bits per heavy atom. The predicted molar refractivity (Wildman–Crippen MR) is 123 cm³/mol. The van der Waals surface area contributed by atoms with Crippen molar-refractivity contribution in [3.8, 4) is 11.5 Å². The van der Waals surface area contributed by atoms with E-state index in [1.807, 2.05) is 12.1 Å². The molecule has 130 valence electrons. The Morgan fingerprint density at radius 1 is 0.654 bits per heavy atom. The van der Waals surface area contributed by atoms with Crippen molar-refractivity contribution in [2.45, 2.75) is 19.6 Å². The van der Waals surface area contributed by atoms with Crippen LogP contribution in [0.15, 0.2) is 84.9 Å². The number of rotatable bonds is 3. The van der Waals surface area contributed by atoms with Crippen LogP contribution in [0.2, 0.25) is 19.6 Å². The fourth-order valence-electron chi connectivity index (χ4n) is 2.74. The second-order valence-electron chi connectivity index (χ2n) is 7.33. The summed E-state index contributed by atoms with van der Waals surface area (Å²) in [7, 11) is -1.37. The molecular weight excluding hydrogens is 367 g/mol. The molecule has 3 aromatic rings. The van der Waals surface area contributed by atoms with Crippen molar-refractivity contribution in [3.05, 3.63) is 90.5 Å². The van der Waals surface area contributed by atoms with Gasteiger partial charge in [0.25, 0.3) is 0 Å². The largest absolute Gasteiger partial charge is 0.129 e. The van der Waals surface area contributed by atoms with Crippen LogP contribution in [0.25, 0.3) is 0 Å². The maximum atomic E-state index is 6.35. The van der Waals surface area contributed by atoms with Crippen molar-refractivity contribution < 1.29 is 0 Å². The summed E-state index contributed by atoms with van der Waals surface area (Å²) in [4.78, 5) is 0. The van der Waals surface area contributed by atoms with Gasteiger partial charge in [-0.05, 0) is 28.0 Å². The first-order valence-electron chi connectivity index (χ1n) is 8.75. The number of hydrogen-bond acceptors (Lipinski definition) is 1. The fraction of sp³-hybridized carbons (Fsp3) is 0.130. The van der Waals surface area contributed by atoms with E-state index in [0.717, 1.165) is 5.56 Å². The summed E-state index contributed by atoms with van der Waals surface area (Å²) in [6.07, 6.45) is 0. The van der Waals surface area contributed by atoms with Crippen LogP contribution in [0.3, 0.4) is 0 Å². The van der Waals surface area contributed by atoms with Gasteiger partial charge in [-0.3, -0.25) is 0 Å². The van der Waals surface area contributed by atoms with Gasteiger partial charge < -0.3 is 0 Å². The number of benzene rings is 3. The molecule has 3 rings (SSSR count). The van der Waals surface area contributed by atoms with Crippen LogP contribution in [-0.2, 0) is 11.8 Å². The summed E-state index contributed by atoms with van der Waals surface area (Å²) in [6, 6.07) is 27.6. The lowest BCUT2D eigenvalue weighted by Crippen LogP contribution is -2.24. The second kappa shape index (κ2) is 7.76. The van der Waals surface area contributed by atoms with Crippen molar-refractivity contribution in [3.63, 3.8) is 0 Å². The molecule has 0 radical (unpaired) electrons. The Bertz CT molecular complexity index is 932. The first-order valence-corrected chi connectivity index (χ1v) is 15.0. The van der Waals surface area contributed by atoms with Gasteiger partial charge in [0.15, 0.2) is 0 Å². The Labute approximate surface area is 163 Å². The first kappa shape index (κ1) is 18.9. The lowest BCUT2D eigenvalue weighted by molar-refractivity contribution is 1.68. The van der Waals surface area contributed by atoms with Gasteiger partial charge in [0.1, 0.15) is 8.07 Å². The first-order chi connectivity index (χ1) is 12.4. The minimum absolute atomic E-state index is 1.07. The van der Waals surface area contributed by atoms with Gasteiger partial charge in [-0.25, -0.2) is 0 Å². The highest BCUT2D eigenvalue weighted by Crippen LogP contribution is 2.42. The Hall–Kier alpha value is -1.91. The molecule has 0 atom stereocenters. The van der Waals surface area contributed by atoms with E-state index >= 15 is 0 Å². The van der Waals surface area contributed by atoms with Gasteiger partial charge in [0, 0.05) is 11.6 Å². The molecular formula is C23H23PSSi. The van der Waals surface area contributed by atoms with Crippen LogP contribution in [0, 0.1) is 11.5 Å². The van der Waals surface area contributed by atoms with Gasteiger partial charge >= 0.3 is 0 Å². The molecule has 0 aromatic heterocycles. The average molecular weight is 391 g/mol. The highest BCUT2D eigenvalue weighted by molar-refractivity contribution is 8.25. The number of hydrogen-bond donors (Lipinski definition) is 0. The van der Waals surface area contributed by atoms with Crippen LogP contribution in [-0.4, -0.2) is 8.07 Å². The van der Waals surface area contributed by atoms with Gasteiger partial charge in [-0.1, -0.05) is 110 Å². The fourth-order valence-corrected chi connectivity index (χ4v) is 7.00. The molecule has 26 heavy (non-hydrogen) atoms. The second-order valence-corrected chi connectivity index (χ2v) is 16.5. The molecule has 0 saturated heterocycles. The zero-order valence-electron chi connectivity index (χ0n) is 15.4. The summed E-state index contributed by atoms with van der Waals surface area (Å²) in [5.41, 5.74) is 4.50. The molecule has 0 fully saturated rings. The van der Waals surface area contributed by atoms with E-state index in [4.69, 9.17) is 11.8 Å². The Kier molecular flexibility index (Phi) is 5.63. The third-order valence-electron chi connectivity index (χ3n) is 4.05. The molecule has 0 unspecified atom stereocenters. The zero-order valence-corrected chi connectivity index (χ0v) is 18.1. The third-order valence-corrected chi connectivity index (χ3v) is 9.90. The summed E-state index contributed by atoms with van der Waals surface area (Å²) in [5.74, 6) is 3.33. The lowest BCUT2D eigenvalue weighted by atomic mass is 10.2. The predicted octanol–water partition coefficient (Wildman–Crippen LogP) is 4.67. The maximum absolute atomic E-state index is 6.35. The standard InChI is InChI=1S/C23H23PSSi/c1-26(2,3)19-18-20-14-16-23(17-15-20)24(25,21-10-6-4-7-11-21)22-12-8-5-9-13-22/h4-17H,1-3H3. The van der Waals surface area contributed by atoms with Crippen LogP contribution in [0.5, 0.6) is 0 Å². The summed E-state index contributed by atoms with van der Waals surface area (Å²) >= 11 is 6.35. The van der Waals surface area contributed by atoms with Crippen LogP contribution < -0.4 is 15.9 Å². The molecule has 0 heterocycles. The van der Waals surface area contributed by atoms with Gasteiger partial charge in [-0.15, -0.1) is 5.54 Å². The van der Waals surface area contributed by atoms with Crippen molar-refractivity contribution in [1.29, 1.82) is 0 Å². The van der Waals surface area contributed by atoms with Crippen LogP contribution in [0.1, 0.15) is 5.56 Å². The smallest absolute Gasteiger partial charge is 0.127 e. The van der Waals surface area contributed by atoms with Crippen molar-refractivity contribution in [2.24, 2.45) is 0 Å². The van der Waals surface area contributed by atoms with E-state index in [-0.39, 0.29) is 0 Å². The lowest BCUT2D eigenvalue weighted by Gasteiger charge is -2.24. The van der Waals surface area contributed by atoms with Gasteiger partial charge in [0.05, 0.1) is 0 Å². The molecule has 0 spiro atoms. The molecule has 0 nitrogen and oxygen atoms in total.